The molecule has 0 aliphatic rings. The van der Waals surface area contributed by atoms with Crippen LogP contribution < -0.4 is 5.56 Å². The van der Waals surface area contributed by atoms with Gasteiger partial charge in [-0.1, -0.05) is 18.2 Å². The lowest BCUT2D eigenvalue weighted by atomic mass is 10.2. The predicted octanol–water partition coefficient (Wildman–Crippen LogP) is 2.33. The van der Waals surface area contributed by atoms with Gasteiger partial charge >= 0.3 is 0 Å². The highest BCUT2D eigenvalue weighted by atomic mass is 16.1. The Kier molecular flexibility index (Phi) is 1.67. The van der Waals surface area contributed by atoms with E-state index in [4.69, 9.17) is 0 Å². The zero-order chi connectivity index (χ0) is 12.1. The number of nitrogens with one attached hydrogen (secondary N) is 1. The van der Waals surface area contributed by atoms with E-state index in [-0.39, 0.29) is 5.56 Å². The first-order valence-electron chi connectivity index (χ1n) is 5.70. The van der Waals surface area contributed by atoms with Crippen LogP contribution in [0.25, 0.3) is 27.3 Å². The first kappa shape index (κ1) is 9.41. The number of hydrogen-bond acceptors (Lipinski definition) is 2. The third-order valence-corrected chi connectivity index (χ3v) is 3.25. The van der Waals surface area contributed by atoms with Crippen molar-refractivity contribution in [1.29, 1.82) is 0 Å². The van der Waals surface area contributed by atoms with Crippen molar-refractivity contribution in [1.82, 2.24) is 14.4 Å². The summed E-state index contributed by atoms with van der Waals surface area (Å²) in [6.07, 6.45) is 3.47. The van der Waals surface area contributed by atoms with Crippen LogP contribution in [0.3, 0.4) is 0 Å². The van der Waals surface area contributed by atoms with Gasteiger partial charge in [-0.2, -0.15) is 4.98 Å². The maximum absolute atomic E-state index is 11.4. The van der Waals surface area contributed by atoms with Crippen molar-refractivity contribution in [3.63, 3.8) is 0 Å². The Morgan fingerprint density at radius 1 is 1.11 bits per heavy atom. The molecule has 3 aromatic heterocycles. The molecule has 0 fully saturated rings. The van der Waals surface area contributed by atoms with Gasteiger partial charge in [-0.3, -0.25) is 4.79 Å². The van der Waals surface area contributed by atoms with Crippen LogP contribution in [0.4, 0.5) is 0 Å². The number of pyridine rings is 1. The molecular weight excluding hydrogens is 226 g/mol. The number of para-hydroxylation sites is 1. The highest BCUT2D eigenvalue weighted by molar-refractivity contribution is 6.11. The zero-order valence-electron chi connectivity index (χ0n) is 9.42. The molecule has 0 aliphatic carbocycles. The molecule has 0 saturated heterocycles. The highest BCUT2D eigenvalue weighted by Crippen LogP contribution is 2.27. The molecule has 0 saturated carbocycles. The molecule has 86 valence electrons. The van der Waals surface area contributed by atoms with Crippen molar-refractivity contribution in [3.8, 4) is 0 Å². The number of fused-ring (bicyclic) bond motifs is 5. The maximum Gasteiger partial charge on any atom is 0.273 e. The molecule has 4 rings (SSSR count). The van der Waals surface area contributed by atoms with Crippen LogP contribution in [-0.4, -0.2) is 14.4 Å². The van der Waals surface area contributed by atoms with Gasteiger partial charge in [0.1, 0.15) is 6.33 Å². The second-order valence-corrected chi connectivity index (χ2v) is 4.29. The summed E-state index contributed by atoms with van der Waals surface area (Å²) >= 11 is 0. The van der Waals surface area contributed by atoms with Crippen LogP contribution in [0.5, 0.6) is 0 Å². The molecule has 1 aromatic carbocycles. The van der Waals surface area contributed by atoms with E-state index in [1.54, 1.807) is 12.4 Å². The minimum Gasteiger partial charge on any atom is -0.353 e. The van der Waals surface area contributed by atoms with Crippen LogP contribution >= 0.6 is 0 Å². The molecular formula is C14H9N3O. The summed E-state index contributed by atoms with van der Waals surface area (Å²) in [5.41, 5.74) is 2.67. The maximum atomic E-state index is 11.4. The molecule has 0 radical (unpaired) electrons. The van der Waals surface area contributed by atoms with E-state index in [0.717, 1.165) is 21.9 Å². The van der Waals surface area contributed by atoms with Crippen LogP contribution in [0.2, 0.25) is 0 Å². The second-order valence-electron chi connectivity index (χ2n) is 4.29. The molecule has 18 heavy (non-hydrogen) atoms. The molecule has 4 nitrogen and oxygen atoms in total. The quantitative estimate of drug-likeness (QED) is 0.508. The normalized spacial score (nSPS) is 11.6. The molecule has 0 unspecified atom stereocenters. The summed E-state index contributed by atoms with van der Waals surface area (Å²) in [5.74, 6) is 0. The van der Waals surface area contributed by atoms with Gasteiger partial charge < -0.3 is 9.38 Å². The minimum atomic E-state index is -0.221. The van der Waals surface area contributed by atoms with Gasteiger partial charge in [0.2, 0.25) is 0 Å². The van der Waals surface area contributed by atoms with Gasteiger partial charge in [0.25, 0.3) is 5.56 Å². The summed E-state index contributed by atoms with van der Waals surface area (Å²) in [6, 6.07) is 11.7. The van der Waals surface area contributed by atoms with Gasteiger partial charge in [-0.25, -0.2) is 0 Å². The molecule has 1 N–H and O–H groups in total. The van der Waals surface area contributed by atoms with Crippen molar-refractivity contribution in [2.45, 2.75) is 0 Å². The number of aromatic nitrogens is 3. The van der Waals surface area contributed by atoms with Crippen molar-refractivity contribution < 1.29 is 0 Å². The first-order valence-corrected chi connectivity index (χ1v) is 5.70. The largest absolute Gasteiger partial charge is 0.353 e. The summed E-state index contributed by atoms with van der Waals surface area (Å²) in [5, 5.41) is 2.29. The molecule has 0 amide bonds. The van der Waals surface area contributed by atoms with Gasteiger partial charge in [0, 0.05) is 28.6 Å². The van der Waals surface area contributed by atoms with Crippen LogP contribution in [-0.2, 0) is 0 Å². The average molecular weight is 235 g/mol. The Labute approximate surface area is 102 Å². The lowest BCUT2D eigenvalue weighted by molar-refractivity contribution is 1.05. The van der Waals surface area contributed by atoms with Crippen molar-refractivity contribution >= 4 is 27.3 Å². The monoisotopic (exact) mass is 235 g/mol. The van der Waals surface area contributed by atoms with E-state index >= 15 is 0 Å². The summed E-state index contributed by atoms with van der Waals surface area (Å²) in [7, 11) is 0. The van der Waals surface area contributed by atoms with E-state index in [0.29, 0.717) is 0 Å². The Bertz CT molecular complexity index is 949. The van der Waals surface area contributed by atoms with E-state index < -0.39 is 0 Å². The van der Waals surface area contributed by atoms with E-state index in [1.807, 2.05) is 34.9 Å². The van der Waals surface area contributed by atoms with Crippen LogP contribution in [0.15, 0.2) is 53.7 Å². The fourth-order valence-electron chi connectivity index (χ4n) is 2.42. The van der Waals surface area contributed by atoms with Crippen LogP contribution in [0.1, 0.15) is 0 Å². The van der Waals surface area contributed by atoms with Crippen LogP contribution in [0, 0.1) is 0 Å². The Morgan fingerprint density at radius 2 is 2.00 bits per heavy atom. The molecule has 4 aromatic rings. The Balaban J connectivity index is 2.34. The van der Waals surface area contributed by atoms with Gasteiger partial charge in [-0.05, 0) is 12.1 Å². The SMILES string of the molecule is O=c1cc2c3[nH]c4ccccc4c3ccn2cn1. The number of benzene rings is 1. The molecule has 0 aliphatic heterocycles. The Hall–Kier alpha value is -2.62. The molecule has 0 bridgehead atoms. The van der Waals surface area contributed by atoms with Gasteiger partial charge in [0.15, 0.2) is 0 Å². The number of rotatable bonds is 0. The van der Waals surface area contributed by atoms with E-state index in [9.17, 15) is 4.79 Å². The van der Waals surface area contributed by atoms with Crippen molar-refractivity contribution in [3.05, 3.63) is 59.3 Å². The summed E-state index contributed by atoms with van der Waals surface area (Å²) < 4.78 is 1.85. The molecule has 0 atom stereocenters. The molecule has 4 heteroatoms. The fourth-order valence-corrected chi connectivity index (χ4v) is 2.42. The lowest BCUT2D eigenvalue weighted by Gasteiger charge is -2.00. The first-order chi connectivity index (χ1) is 8.83. The standard InChI is InChI=1S/C14H9N3O/c18-13-7-12-14-10(5-6-17(12)8-15-13)9-3-1-2-4-11(9)16-14/h1-8,16H. The van der Waals surface area contributed by atoms with Crippen molar-refractivity contribution in [2.24, 2.45) is 0 Å². The predicted molar refractivity (Wildman–Crippen MR) is 70.8 cm³/mol. The highest BCUT2D eigenvalue weighted by Gasteiger charge is 2.06. The topological polar surface area (TPSA) is 50.2 Å². The van der Waals surface area contributed by atoms with E-state index in [1.165, 1.54) is 5.39 Å². The summed E-state index contributed by atoms with van der Waals surface area (Å²) in [6.45, 7) is 0. The molecule has 3 heterocycles. The van der Waals surface area contributed by atoms with Gasteiger partial charge in [0.05, 0.1) is 11.0 Å². The van der Waals surface area contributed by atoms with Gasteiger partial charge in [-0.15, -0.1) is 0 Å². The number of nitrogens with zero attached hydrogens (tertiary/aromatic N) is 2. The minimum absolute atomic E-state index is 0.221. The summed E-state index contributed by atoms with van der Waals surface area (Å²) in [4.78, 5) is 18.5. The molecule has 0 spiro atoms. The third-order valence-electron chi connectivity index (χ3n) is 3.25. The number of aromatic amines is 1. The Morgan fingerprint density at radius 3 is 2.94 bits per heavy atom. The average Bonchev–Trinajstić information content (AvgIpc) is 2.78. The van der Waals surface area contributed by atoms with Crippen molar-refractivity contribution in [2.75, 3.05) is 0 Å². The fraction of sp³-hybridized carbons (Fsp3) is 0. The number of H-pyrrole nitrogens is 1. The second kappa shape index (κ2) is 3.20. The number of hydrogen-bond donors (Lipinski definition) is 1. The van der Waals surface area contributed by atoms with E-state index in [2.05, 4.69) is 16.0 Å². The lowest BCUT2D eigenvalue weighted by Crippen LogP contribution is -2.06. The smallest absolute Gasteiger partial charge is 0.273 e. The third kappa shape index (κ3) is 1.14. The zero-order valence-corrected chi connectivity index (χ0v) is 9.42.